The zero-order valence-electron chi connectivity index (χ0n) is 5.35. The Kier molecular flexibility index (Phi) is 3.94. The summed E-state index contributed by atoms with van der Waals surface area (Å²) in [5.41, 5.74) is 0.923. The maximum absolute atomic E-state index is 4.71. The highest BCUT2D eigenvalue weighted by Gasteiger charge is 1.74. The van der Waals surface area contributed by atoms with Crippen LogP contribution in [0.3, 0.4) is 0 Å². The fraction of sp³-hybridized carbons (Fsp3) is 0.500. The lowest BCUT2D eigenvalue weighted by atomic mass is 10.5. The predicted octanol–water partition coefficient (Wildman–Crippen LogP) is 1.58. The zero-order chi connectivity index (χ0) is 6.41. The molecule has 0 radical (unpaired) electrons. The van der Waals surface area contributed by atoms with Crippen LogP contribution in [-0.2, 0) is 4.84 Å². The predicted molar refractivity (Wildman–Crippen MR) is 34.9 cm³/mol. The molecule has 0 amide bonds. The van der Waals surface area contributed by atoms with E-state index < -0.39 is 0 Å². The van der Waals surface area contributed by atoms with Crippen molar-refractivity contribution in [3.8, 4) is 0 Å². The molecule has 0 aromatic carbocycles. The van der Waals surface area contributed by atoms with E-state index in [1.54, 1.807) is 6.08 Å². The van der Waals surface area contributed by atoms with E-state index >= 15 is 0 Å². The number of hydrogen-bond acceptors (Lipinski definition) is 2. The van der Waals surface area contributed by atoms with Gasteiger partial charge in [-0.1, -0.05) is 17.8 Å². The van der Waals surface area contributed by atoms with E-state index in [4.69, 9.17) is 4.84 Å². The first-order valence-electron chi connectivity index (χ1n) is 2.51. The Balaban J connectivity index is 3.15. The standard InChI is InChI=1S/C6H11NO/c1-4-5-8-7-6(2)3/h4H,1,5H2,2-3H3. The summed E-state index contributed by atoms with van der Waals surface area (Å²) in [6.45, 7) is 7.71. The molecule has 0 rings (SSSR count). The number of oxime groups is 1. The summed E-state index contributed by atoms with van der Waals surface area (Å²) in [6.07, 6.45) is 1.66. The fourth-order valence-electron chi connectivity index (χ4n) is 0.219. The third kappa shape index (κ3) is 5.21. The molecule has 0 heterocycles. The van der Waals surface area contributed by atoms with Crippen LogP contribution in [0.5, 0.6) is 0 Å². The molecular formula is C6H11NO. The van der Waals surface area contributed by atoms with Gasteiger partial charge in [-0.05, 0) is 13.8 Å². The summed E-state index contributed by atoms with van der Waals surface area (Å²) in [5, 5.41) is 3.66. The van der Waals surface area contributed by atoms with Crippen LogP contribution in [0.4, 0.5) is 0 Å². The van der Waals surface area contributed by atoms with Gasteiger partial charge in [-0.2, -0.15) is 0 Å². The van der Waals surface area contributed by atoms with Gasteiger partial charge < -0.3 is 4.84 Å². The largest absolute Gasteiger partial charge is 0.392 e. The summed E-state index contributed by atoms with van der Waals surface area (Å²) < 4.78 is 0. The van der Waals surface area contributed by atoms with Gasteiger partial charge in [-0.3, -0.25) is 0 Å². The number of nitrogens with zero attached hydrogens (tertiary/aromatic N) is 1. The molecule has 0 aliphatic heterocycles. The van der Waals surface area contributed by atoms with Gasteiger partial charge in [0.25, 0.3) is 0 Å². The first-order valence-corrected chi connectivity index (χ1v) is 2.51. The van der Waals surface area contributed by atoms with Crippen LogP contribution in [0, 0.1) is 0 Å². The molecule has 0 saturated heterocycles. The molecule has 0 N–H and O–H groups in total. The van der Waals surface area contributed by atoms with Crippen molar-refractivity contribution in [2.45, 2.75) is 13.8 Å². The Hall–Kier alpha value is -0.790. The van der Waals surface area contributed by atoms with Crippen LogP contribution in [-0.4, -0.2) is 12.3 Å². The van der Waals surface area contributed by atoms with Crippen molar-refractivity contribution >= 4 is 5.71 Å². The highest BCUT2D eigenvalue weighted by Crippen LogP contribution is 1.78. The van der Waals surface area contributed by atoms with E-state index in [-0.39, 0.29) is 0 Å². The minimum atomic E-state index is 0.491. The average molecular weight is 113 g/mol. The molecule has 8 heavy (non-hydrogen) atoms. The molecular weight excluding hydrogens is 102 g/mol. The van der Waals surface area contributed by atoms with Gasteiger partial charge >= 0.3 is 0 Å². The molecule has 46 valence electrons. The molecule has 0 aliphatic carbocycles. The SMILES string of the molecule is C=CCON=C(C)C. The van der Waals surface area contributed by atoms with Gasteiger partial charge in [0.1, 0.15) is 6.61 Å². The van der Waals surface area contributed by atoms with Crippen molar-refractivity contribution in [3.63, 3.8) is 0 Å². The van der Waals surface area contributed by atoms with Crippen molar-refractivity contribution in [3.05, 3.63) is 12.7 Å². The molecule has 2 heteroatoms. The summed E-state index contributed by atoms with van der Waals surface area (Å²) >= 11 is 0. The second-order valence-electron chi connectivity index (χ2n) is 1.62. The van der Waals surface area contributed by atoms with E-state index in [1.807, 2.05) is 13.8 Å². The third-order valence-electron chi connectivity index (χ3n) is 0.440. The zero-order valence-corrected chi connectivity index (χ0v) is 5.35. The summed E-state index contributed by atoms with van der Waals surface area (Å²) in [4.78, 5) is 4.71. The average Bonchev–Trinajstić information content (AvgIpc) is 1.66. The fourth-order valence-corrected chi connectivity index (χ4v) is 0.219. The van der Waals surface area contributed by atoms with E-state index in [0.717, 1.165) is 5.71 Å². The topological polar surface area (TPSA) is 21.6 Å². The summed E-state index contributed by atoms with van der Waals surface area (Å²) in [5.74, 6) is 0. The second-order valence-corrected chi connectivity index (χ2v) is 1.62. The van der Waals surface area contributed by atoms with Crippen molar-refractivity contribution < 1.29 is 4.84 Å². The van der Waals surface area contributed by atoms with E-state index in [1.165, 1.54) is 0 Å². The first-order chi connectivity index (χ1) is 3.77. The maximum atomic E-state index is 4.71. The Labute approximate surface area is 49.8 Å². The van der Waals surface area contributed by atoms with Gasteiger partial charge in [0.05, 0.1) is 5.71 Å². The Morgan fingerprint density at radius 1 is 1.75 bits per heavy atom. The lowest BCUT2D eigenvalue weighted by molar-refractivity contribution is 0.174. The minimum Gasteiger partial charge on any atom is -0.392 e. The van der Waals surface area contributed by atoms with Crippen molar-refractivity contribution in [2.75, 3.05) is 6.61 Å². The smallest absolute Gasteiger partial charge is 0.135 e. The maximum Gasteiger partial charge on any atom is 0.135 e. The van der Waals surface area contributed by atoms with E-state index in [0.29, 0.717) is 6.61 Å². The lowest BCUT2D eigenvalue weighted by Gasteiger charge is -1.90. The number of hydrogen-bond donors (Lipinski definition) is 0. The van der Waals surface area contributed by atoms with Gasteiger partial charge in [0.15, 0.2) is 0 Å². The van der Waals surface area contributed by atoms with Gasteiger partial charge in [0, 0.05) is 0 Å². The van der Waals surface area contributed by atoms with Gasteiger partial charge in [0.2, 0.25) is 0 Å². The molecule has 0 fully saturated rings. The second kappa shape index (κ2) is 4.37. The lowest BCUT2D eigenvalue weighted by Crippen LogP contribution is -1.85. The first kappa shape index (κ1) is 7.21. The van der Waals surface area contributed by atoms with Crippen LogP contribution < -0.4 is 0 Å². The van der Waals surface area contributed by atoms with Crippen molar-refractivity contribution in [2.24, 2.45) is 5.16 Å². The molecule has 0 aromatic heterocycles. The van der Waals surface area contributed by atoms with Crippen LogP contribution in [0.2, 0.25) is 0 Å². The van der Waals surface area contributed by atoms with Crippen LogP contribution in [0.1, 0.15) is 13.8 Å². The van der Waals surface area contributed by atoms with Crippen LogP contribution >= 0.6 is 0 Å². The molecule has 0 saturated carbocycles. The van der Waals surface area contributed by atoms with Crippen LogP contribution in [0.15, 0.2) is 17.8 Å². The third-order valence-corrected chi connectivity index (χ3v) is 0.440. The van der Waals surface area contributed by atoms with E-state index in [9.17, 15) is 0 Å². The molecule has 0 unspecified atom stereocenters. The summed E-state index contributed by atoms with van der Waals surface area (Å²) in [6, 6.07) is 0. The molecule has 0 aromatic rings. The van der Waals surface area contributed by atoms with Crippen molar-refractivity contribution in [1.29, 1.82) is 0 Å². The number of rotatable bonds is 3. The van der Waals surface area contributed by atoms with Gasteiger partial charge in [-0.15, -0.1) is 0 Å². The minimum absolute atomic E-state index is 0.491. The quantitative estimate of drug-likeness (QED) is 0.236. The van der Waals surface area contributed by atoms with Crippen molar-refractivity contribution in [1.82, 2.24) is 0 Å². The van der Waals surface area contributed by atoms with Gasteiger partial charge in [-0.25, -0.2) is 0 Å². The van der Waals surface area contributed by atoms with Crippen LogP contribution in [0.25, 0.3) is 0 Å². The normalized spacial score (nSPS) is 7.75. The molecule has 0 bridgehead atoms. The highest BCUT2D eigenvalue weighted by atomic mass is 16.6. The Morgan fingerprint density at radius 2 is 2.38 bits per heavy atom. The van der Waals surface area contributed by atoms with E-state index in [2.05, 4.69) is 11.7 Å². The molecule has 0 spiro atoms. The Morgan fingerprint density at radius 3 is 2.75 bits per heavy atom. The highest BCUT2D eigenvalue weighted by molar-refractivity contribution is 5.78. The monoisotopic (exact) mass is 113 g/mol. The summed E-state index contributed by atoms with van der Waals surface area (Å²) in [7, 11) is 0. The molecule has 0 atom stereocenters. The Bertz CT molecular complexity index is 92.7. The molecule has 0 aliphatic rings. The molecule has 2 nitrogen and oxygen atoms in total.